The molecule has 2 aromatic carbocycles. The summed E-state index contributed by atoms with van der Waals surface area (Å²) in [6.07, 6.45) is 3.01. The summed E-state index contributed by atoms with van der Waals surface area (Å²) in [6, 6.07) is 15.6. The molecule has 0 amide bonds. The lowest BCUT2D eigenvalue weighted by Crippen LogP contribution is -2.33. The number of aromatic nitrogens is 2. The number of imidazole rings is 1. The van der Waals surface area contributed by atoms with E-state index in [-0.39, 0.29) is 41.5 Å². The van der Waals surface area contributed by atoms with Crippen LogP contribution in [0.3, 0.4) is 0 Å². The molecule has 34 heavy (non-hydrogen) atoms. The van der Waals surface area contributed by atoms with Crippen LogP contribution in [0.5, 0.6) is 0 Å². The Labute approximate surface area is 201 Å². The maximum atomic E-state index is 13.5. The van der Waals surface area contributed by atoms with Crippen molar-refractivity contribution in [3.8, 4) is 0 Å². The molecule has 1 aromatic heterocycles. The Morgan fingerprint density at radius 3 is 2.32 bits per heavy atom. The zero-order chi connectivity index (χ0) is 24.3. The summed E-state index contributed by atoms with van der Waals surface area (Å²) in [5.74, 6) is -0.189. The van der Waals surface area contributed by atoms with E-state index in [1.807, 2.05) is 13.0 Å². The standard InChI is InChI=1S/C24H29N3O5S2/c1-19-8-12-23(13-9-19)34(30,31)27(21-10-11-21)17-22-16-25-24(26(22)14-15-32-2)33(28,29)18-20-6-4-3-5-7-20/h3-9,12-13,16,21H,10-11,14-15,17-18H2,1-2H3. The molecule has 1 aliphatic rings. The van der Waals surface area contributed by atoms with E-state index >= 15 is 0 Å². The fraction of sp³-hybridized carbons (Fsp3) is 0.375. The Morgan fingerprint density at radius 1 is 1.03 bits per heavy atom. The van der Waals surface area contributed by atoms with E-state index in [9.17, 15) is 16.8 Å². The highest BCUT2D eigenvalue weighted by molar-refractivity contribution is 7.90. The van der Waals surface area contributed by atoms with Crippen molar-refractivity contribution in [2.75, 3.05) is 13.7 Å². The van der Waals surface area contributed by atoms with E-state index in [2.05, 4.69) is 4.98 Å². The lowest BCUT2D eigenvalue weighted by Gasteiger charge is -2.23. The number of hydrogen-bond donors (Lipinski definition) is 0. The molecule has 0 atom stereocenters. The number of sulfone groups is 1. The predicted octanol–water partition coefficient (Wildman–Crippen LogP) is 3.17. The Hall–Kier alpha value is -2.53. The quantitative estimate of drug-likeness (QED) is 0.399. The van der Waals surface area contributed by atoms with E-state index < -0.39 is 19.9 Å². The highest BCUT2D eigenvalue weighted by Gasteiger charge is 2.39. The molecule has 0 aliphatic heterocycles. The van der Waals surface area contributed by atoms with Crippen LogP contribution >= 0.6 is 0 Å². The molecular formula is C24H29N3O5S2. The van der Waals surface area contributed by atoms with Crippen molar-refractivity contribution in [3.63, 3.8) is 0 Å². The molecule has 0 spiro atoms. The van der Waals surface area contributed by atoms with Crippen LogP contribution in [0.4, 0.5) is 0 Å². The average molecular weight is 504 g/mol. The Bertz CT molecular complexity index is 1330. The first-order valence-electron chi connectivity index (χ1n) is 11.1. The van der Waals surface area contributed by atoms with Gasteiger partial charge < -0.3 is 9.30 Å². The van der Waals surface area contributed by atoms with E-state index in [4.69, 9.17) is 4.74 Å². The molecule has 0 saturated heterocycles. The summed E-state index contributed by atoms with van der Waals surface area (Å²) in [4.78, 5) is 4.46. The summed E-state index contributed by atoms with van der Waals surface area (Å²) in [5.41, 5.74) is 2.15. The molecule has 0 bridgehead atoms. The van der Waals surface area contributed by atoms with Crippen LogP contribution < -0.4 is 0 Å². The van der Waals surface area contributed by atoms with Crippen LogP contribution in [-0.4, -0.2) is 50.5 Å². The van der Waals surface area contributed by atoms with Gasteiger partial charge in [0.25, 0.3) is 0 Å². The second-order valence-corrected chi connectivity index (χ2v) is 12.3. The molecule has 3 aromatic rings. The van der Waals surface area contributed by atoms with Gasteiger partial charge in [-0.1, -0.05) is 48.0 Å². The number of benzene rings is 2. The summed E-state index contributed by atoms with van der Waals surface area (Å²) >= 11 is 0. The highest BCUT2D eigenvalue weighted by atomic mass is 32.2. The normalized spacial score (nSPS) is 14.6. The molecule has 0 unspecified atom stereocenters. The minimum Gasteiger partial charge on any atom is -0.383 e. The van der Waals surface area contributed by atoms with Gasteiger partial charge in [0.15, 0.2) is 0 Å². The minimum absolute atomic E-state index is 0.0401. The molecule has 1 heterocycles. The molecule has 1 saturated carbocycles. The zero-order valence-electron chi connectivity index (χ0n) is 19.3. The smallest absolute Gasteiger partial charge is 0.243 e. The number of sulfonamides is 1. The van der Waals surface area contributed by atoms with Gasteiger partial charge in [0.05, 0.1) is 35.7 Å². The third-order valence-electron chi connectivity index (χ3n) is 5.80. The van der Waals surface area contributed by atoms with E-state index in [0.717, 1.165) is 18.4 Å². The maximum Gasteiger partial charge on any atom is 0.243 e. The fourth-order valence-corrected chi connectivity index (χ4v) is 7.00. The van der Waals surface area contributed by atoms with Gasteiger partial charge in [0.2, 0.25) is 25.0 Å². The first-order chi connectivity index (χ1) is 16.2. The third-order valence-corrected chi connectivity index (χ3v) is 9.31. The molecule has 10 heteroatoms. The van der Waals surface area contributed by atoms with Gasteiger partial charge in [-0.2, -0.15) is 4.31 Å². The lowest BCUT2D eigenvalue weighted by molar-refractivity contribution is 0.182. The number of ether oxygens (including phenoxy) is 1. The molecule has 1 aliphatic carbocycles. The molecule has 182 valence electrons. The van der Waals surface area contributed by atoms with Crippen molar-refractivity contribution in [2.24, 2.45) is 0 Å². The van der Waals surface area contributed by atoms with Gasteiger partial charge in [-0.15, -0.1) is 0 Å². The average Bonchev–Trinajstić information content (AvgIpc) is 3.56. The summed E-state index contributed by atoms with van der Waals surface area (Å²) in [6.45, 7) is 2.46. The monoisotopic (exact) mass is 503 g/mol. The van der Waals surface area contributed by atoms with Gasteiger partial charge in [0, 0.05) is 19.7 Å². The maximum absolute atomic E-state index is 13.5. The Morgan fingerprint density at radius 2 is 1.71 bits per heavy atom. The van der Waals surface area contributed by atoms with Crippen molar-refractivity contribution in [2.45, 2.75) is 54.7 Å². The molecule has 1 fully saturated rings. The Kier molecular flexibility index (Phi) is 7.22. The summed E-state index contributed by atoms with van der Waals surface area (Å²) in [7, 11) is -5.98. The van der Waals surface area contributed by atoms with Crippen LogP contribution in [-0.2, 0) is 43.4 Å². The van der Waals surface area contributed by atoms with Crippen molar-refractivity contribution < 1.29 is 21.6 Å². The molecule has 4 rings (SSSR count). The second-order valence-electron chi connectivity index (χ2n) is 8.52. The van der Waals surface area contributed by atoms with Gasteiger partial charge in [-0.3, -0.25) is 0 Å². The minimum atomic E-state index is -3.76. The SMILES string of the molecule is COCCn1c(CN(C2CC2)S(=O)(=O)c2ccc(C)cc2)cnc1S(=O)(=O)Cc1ccccc1. The van der Waals surface area contributed by atoms with Crippen LogP contribution in [0.15, 0.2) is 70.8 Å². The second kappa shape index (κ2) is 9.99. The number of rotatable bonds is 11. The van der Waals surface area contributed by atoms with Crippen molar-refractivity contribution >= 4 is 19.9 Å². The number of methoxy groups -OCH3 is 1. The van der Waals surface area contributed by atoms with Crippen LogP contribution in [0.25, 0.3) is 0 Å². The fourth-order valence-electron chi connectivity index (χ4n) is 3.82. The molecule has 0 N–H and O–H groups in total. The number of aryl methyl sites for hydroxylation is 1. The lowest BCUT2D eigenvalue weighted by atomic mass is 10.2. The number of hydrogen-bond acceptors (Lipinski definition) is 6. The highest BCUT2D eigenvalue weighted by Crippen LogP contribution is 2.34. The number of nitrogens with zero attached hydrogens (tertiary/aromatic N) is 3. The van der Waals surface area contributed by atoms with Gasteiger partial charge >= 0.3 is 0 Å². The summed E-state index contributed by atoms with van der Waals surface area (Å²) < 4.78 is 61.6. The van der Waals surface area contributed by atoms with Crippen molar-refractivity contribution in [3.05, 3.63) is 77.6 Å². The first-order valence-corrected chi connectivity index (χ1v) is 14.2. The van der Waals surface area contributed by atoms with Gasteiger partial charge in [0.1, 0.15) is 0 Å². The topological polar surface area (TPSA) is 98.6 Å². The first kappa shape index (κ1) is 24.6. The van der Waals surface area contributed by atoms with Crippen molar-refractivity contribution in [1.29, 1.82) is 0 Å². The van der Waals surface area contributed by atoms with E-state index in [1.54, 1.807) is 53.1 Å². The van der Waals surface area contributed by atoms with Crippen LogP contribution in [0, 0.1) is 6.92 Å². The molecule has 8 nitrogen and oxygen atoms in total. The zero-order valence-corrected chi connectivity index (χ0v) is 20.9. The summed E-state index contributed by atoms with van der Waals surface area (Å²) in [5, 5.41) is -0.0770. The van der Waals surface area contributed by atoms with Gasteiger partial charge in [-0.05, 0) is 37.5 Å². The van der Waals surface area contributed by atoms with E-state index in [1.165, 1.54) is 17.6 Å². The third kappa shape index (κ3) is 5.41. The van der Waals surface area contributed by atoms with E-state index in [0.29, 0.717) is 11.3 Å². The van der Waals surface area contributed by atoms with Gasteiger partial charge in [-0.25, -0.2) is 21.8 Å². The predicted molar refractivity (Wildman–Crippen MR) is 128 cm³/mol. The molecule has 0 radical (unpaired) electrons. The molecular weight excluding hydrogens is 474 g/mol. The van der Waals surface area contributed by atoms with Crippen molar-refractivity contribution in [1.82, 2.24) is 13.9 Å². The largest absolute Gasteiger partial charge is 0.383 e. The van der Waals surface area contributed by atoms with Crippen LogP contribution in [0.2, 0.25) is 0 Å². The van der Waals surface area contributed by atoms with Crippen LogP contribution in [0.1, 0.15) is 29.7 Å². The Balaban J connectivity index is 1.68.